The van der Waals surface area contributed by atoms with Crippen molar-refractivity contribution in [1.82, 2.24) is 15.5 Å². The Hall–Kier alpha value is -2.28. The van der Waals surface area contributed by atoms with Crippen LogP contribution in [0.4, 0.5) is 0 Å². The third kappa shape index (κ3) is 6.90. The zero-order valence-corrected chi connectivity index (χ0v) is 18.6. The Labute approximate surface area is 180 Å². The predicted molar refractivity (Wildman–Crippen MR) is 119 cm³/mol. The molecule has 1 aromatic rings. The topological polar surface area (TPSA) is 75.2 Å². The highest BCUT2D eigenvalue weighted by Crippen LogP contribution is 2.24. The summed E-state index contributed by atoms with van der Waals surface area (Å²) in [4.78, 5) is 18.4. The molecule has 2 N–H and O–H groups in total. The van der Waals surface area contributed by atoms with Gasteiger partial charge in [0.05, 0.1) is 26.3 Å². The van der Waals surface area contributed by atoms with Crippen LogP contribution < -0.4 is 15.4 Å². The molecule has 0 bridgehead atoms. The summed E-state index contributed by atoms with van der Waals surface area (Å²) in [6.45, 7) is 4.17. The lowest BCUT2D eigenvalue weighted by atomic mass is 9.96. The average molecular weight is 417 g/mol. The van der Waals surface area contributed by atoms with Crippen molar-refractivity contribution < 1.29 is 14.3 Å². The lowest BCUT2D eigenvalue weighted by molar-refractivity contribution is -0.127. The van der Waals surface area contributed by atoms with Gasteiger partial charge in [0, 0.05) is 32.1 Å². The number of hydrogen-bond acceptors (Lipinski definition) is 4. The third-order valence-electron chi connectivity index (χ3n) is 5.66. The molecule has 1 saturated carbocycles. The van der Waals surface area contributed by atoms with E-state index in [0.717, 1.165) is 42.7 Å². The fourth-order valence-electron chi connectivity index (χ4n) is 3.76. The van der Waals surface area contributed by atoms with E-state index in [1.54, 1.807) is 19.0 Å². The molecule has 3 rings (SSSR count). The summed E-state index contributed by atoms with van der Waals surface area (Å²) in [5.74, 6) is 1.58. The second-order valence-corrected chi connectivity index (χ2v) is 8.50. The molecule has 0 radical (unpaired) electrons. The van der Waals surface area contributed by atoms with E-state index < -0.39 is 0 Å². The molecular formula is C23H36N4O3. The predicted octanol–water partition coefficient (Wildman–Crippen LogP) is 2.62. The van der Waals surface area contributed by atoms with Crippen molar-refractivity contribution in [3.8, 4) is 5.75 Å². The van der Waals surface area contributed by atoms with Gasteiger partial charge in [0.2, 0.25) is 5.91 Å². The maximum Gasteiger partial charge on any atom is 0.241 e. The number of ether oxygens (including phenoxy) is 2. The number of guanidine groups is 1. The fraction of sp³-hybridized carbons (Fsp3) is 0.652. The van der Waals surface area contributed by atoms with Crippen LogP contribution >= 0.6 is 0 Å². The van der Waals surface area contributed by atoms with Crippen LogP contribution in [0.3, 0.4) is 0 Å². The Morgan fingerprint density at radius 2 is 2.03 bits per heavy atom. The lowest BCUT2D eigenvalue weighted by Gasteiger charge is -2.25. The highest BCUT2D eigenvalue weighted by molar-refractivity contribution is 5.86. The summed E-state index contributed by atoms with van der Waals surface area (Å²) in [6, 6.07) is 6.64. The van der Waals surface area contributed by atoms with Gasteiger partial charge < -0.3 is 25.0 Å². The van der Waals surface area contributed by atoms with E-state index in [0.29, 0.717) is 25.2 Å². The molecule has 2 aliphatic rings. The zero-order chi connectivity index (χ0) is 21.3. The van der Waals surface area contributed by atoms with Crippen molar-refractivity contribution in [2.24, 2.45) is 4.99 Å². The minimum atomic E-state index is 0.0220. The monoisotopic (exact) mass is 416 g/mol. The maximum atomic E-state index is 12.0. The van der Waals surface area contributed by atoms with Crippen LogP contribution in [0, 0.1) is 6.92 Å². The van der Waals surface area contributed by atoms with E-state index in [-0.39, 0.29) is 18.6 Å². The van der Waals surface area contributed by atoms with Gasteiger partial charge in [-0.15, -0.1) is 0 Å². The fourth-order valence-corrected chi connectivity index (χ4v) is 3.76. The maximum absolute atomic E-state index is 12.0. The molecule has 1 heterocycles. The third-order valence-corrected chi connectivity index (χ3v) is 5.66. The van der Waals surface area contributed by atoms with Gasteiger partial charge in [-0.3, -0.25) is 4.79 Å². The second-order valence-electron chi connectivity index (χ2n) is 8.50. The zero-order valence-electron chi connectivity index (χ0n) is 18.6. The lowest BCUT2D eigenvalue weighted by Crippen LogP contribution is -2.47. The molecule has 1 amide bonds. The number of likely N-dealkylation sites (N-methyl/N-ethyl adjacent to an activating group) is 1. The van der Waals surface area contributed by atoms with Crippen LogP contribution in [0.2, 0.25) is 0 Å². The van der Waals surface area contributed by atoms with Gasteiger partial charge in [-0.2, -0.15) is 0 Å². The molecule has 166 valence electrons. The van der Waals surface area contributed by atoms with Crippen molar-refractivity contribution >= 4 is 11.9 Å². The molecule has 1 unspecified atom stereocenters. The highest BCUT2D eigenvalue weighted by Gasteiger charge is 2.19. The molecular weight excluding hydrogens is 380 g/mol. The SMILES string of the molecule is Cc1ccc(CN=C(NCC(=O)N(C)C)NC2CCCCC2)c(OC2CCOC2)c1. The standard InChI is InChI=1S/C23H36N4O3/c1-17-9-10-18(21(13-17)30-20-11-12-29-16-20)14-24-23(25-15-22(28)27(2)3)26-19-7-5-4-6-8-19/h9-10,13,19-20H,4-8,11-12,14-16H2,1-3H3,(H2,24,25,26). The normalized spacial score (nSPS) is 20.1. The van der Waals surface area contributed by atoms with Crippen molar-refractivity contribution in [3.63, 3.8) is 0 Å². The van der Waals surface area contributed by atoms with Crippen LogP contribution in [0.25, 0.3) is 0 Å². The highest BCUT2D eigenvalue weighted by atomic mass is 16.5. The molecule has 1 aromatic carbocycles. The van der Waals surface area contributed by atoms with E-state index >= 15 is 0 Å². The molecule has 7 nitrogen and oxygen atoms in total. The molecule has 1 aliphatic heterocycles. The number of nitrogens with zero attached hydrogens (tertiary/aromatic N) is 2. The summed E-state index contributed by atoms with van der Waals surface area (Å²) < 4.78 is 11.7. The Morgan fingerprint density at radius 1 is 1.23 bits per heavy atom. The van der Waals surface area contributed by atoms with Gasteiger partial charge in [-0.05, 0) is 31.4 Å². The number of aliphatic imine (C=N–C) groups is 1. The van der Waals surface area contributed by atoms with Crippen LogP contribution in [0.15, 0.2) is 23.2 Å². The first kappa shape index (κ1) is 22.4. The molecule has 0 aromatic heterocycles. The number of rotatable bonds is 7. The molecule has 0 spiro atoms. The Morgan fingerprint density at radius 3 is 2.73 bits per heavy atom. The molecule has 1 aliphatic carbocycles. The van der Waals surface area contributed by atoms with Crippen LogP contribution in [0.5, 0.6) is 5.75 Å². The number of carbonyl (C=O) groups excluding carboxylic acids is 1. The number of carbonyl (C=O) groups is 1. The van der Waals surface area contributed by atoms with Gasteiger partial charge in [-0.25, -0.2) is 4.99 Å². The van der Waals surface area contributed by atoms with Crippen molar-refractivity contribution in [2.75, 3.05) is 33.9 Å². The summed E-state index contributed by atoms with van der Waals surface area (Å²) >= 11 is 0. The largest absolute Gasteiger partial charge is 0.488 e. The first-order chi connectivity index (χ1) is 14.5. The molecule has 7 heteroatoms. The minimum absolute atomic E-state index is 0.0220. The smallest absolute Gasteiger partial charge is 0.241 e. The van der Waals surface area contributed by atoms with Gasteiger partial charge >= 0.3 is 0 Å². The van der Waals surface area contributed by atoms with E-state index in [1.165, 1.54) is 19.3 Å². The minimum Gasteiger partial charge on any atom is -0.488 e. The second kappa shape index (κ2) is 11.2. The number of nitrogens with one attached hydrogen (secondary N) is 2. The van der Waals surface area contributed by atoms with Gasteiger partial charge in [-0.1, -0.05) is 31.4 Å². The van der Waals surface area contributed by atoms with Gasteiger partial charge in [0.1, 0.15) is 11.9 Å². The molecule has 1 saturated heterocycles. The Kier molecular flexibility index (Phi) is 8.37. The van der Waals surface area contributed by atoms with Crippen LogP contribution in [0.1, 0.15) is 49.7 Å². The van der Waals surface area contributed by atoms with E-state index in [4.69, 9.17) is 14.5 Å². The van der Waals surface area contributed by atoms with Crippen LogP contribution in [-0.4, -0.2) is 62.8 Å². The van der Waals surface area contributed by atoms with E-state index in [1.807, 2.05) is 0 Å². The van der Waals surface area contributed by atoms with Gasteiger partial charge in [0.15, 0.2) is 5.96 Å². The average Bonchev–Trinajstić information content (AvgIpc) is 3.24. The number of benzene rings is 1. The first-order valence-electron chi connectivity index (χ1n) is 11.1. The van der Waals surface area contributed by atoms with Crippen molar-refractivity contribution in [1.29, 1.82) is 0 Å². The number of aryl methyl sites for hydroxylation is 1. The summed E-state index contributed by atoms with van der Waals surface area (Å²) in [6.07, 6.45) is 7.07. The van der Waals surface area contributed by atoms with Crippen molar-refractivity contribution in [3.05, 3.63) is 29.3 Å². The quantitative estimate of drug-likeness (QED) is 0.528. The summed E-state index contributed by atoms with van der Waals surface area (Å²) in [5, 5.41) is 6.74. The molecule has 30 heavy (non-hydrogen) atoms. The van der Waals surface area contributed by atoms with Gasteiger partial charge in [0.25, 0.3) is 0 Å². The Balaban J connectivity index is 1.70. The number of amides is 1. The molecule has 2 fully saturated rings. The van der Waals surface area contributed by atoms with E-state index in [9.17, 15) is 4.79 Å². The summed E-state index contributed by atoms with van der Waals surface area (Å²) in [7, 11) is 3.52. The van der Waals surface area contributed by atoms with E-state index in [2.05, 4.69) is 35.8 Å². The first-order valence-corrected chi connectivity index (χ1v) is 11.1. The molecule has 1 atom stereocenters. The van der Waals surface area contributed by atoms with Crippen molar-refractivity contribution in [2.45, 2.75) is 64.1 Å². The number of hydrogen-bond donors (Lipinski definition) is 2. The Bertz CT molecular complexity index is 723. The summed E-state index contributed by atoms with van der Waals surface area (Å²) in [5.41, 5.74) is 2.20. The van der Waals surface area contributed by atoms with Crippen LogP contribution in [-0.2, 0) is 16.1 Å².